The Morgan fingerprint density at radius 3 is 2.88 bits per heavy atom. The summed E-state index contributed by atoms with van der Waals surface area (Å²) < 4.78 is 0. The average molecular weight is 252 g/mol. The highest BCUT2D eigenvalue weighted by Gasteiger charge is 2.22. The van der Waals surface area contributed by atoms with E-state index in [0.29, 0.717) is 5.92 Å². The van der Waals surface area contributed by atoms with Gasteiger partial charge in [0.15, 0.2) is 0 Å². The zero-order valence-corrected chi connectivity index (χ0v) is 11.3. The fraction of sp³-hybridized carbons (Fsp3) is 0.615. The lowest BCUT2D eigenvalue weighted by atomic mass is 10.1. The van der Waals surface area contributed by atoms with Crippen molar-refractivity contribution in [1.82, 2.24) is 5.32 Å². The highest BCUT2D eigenvalue weighted by molar-refractivity contribution is 7.14. The van der Waals surface area contributed by atoms with Gasteiger partial charge in [-0.2, -0.15) is 0 Å². The second-order valence-electron chi connectivity index (χ2n) is 5.12. The van der Waals surface area contributed by atoms with Crippen molar-refractivity contribution in [2.24, 2.45) is 11.8 Å². The minimum atomic E-state index is 0.0225. The lowest BCUT2D eigenvalue weighted by Crippen LogP contribution is -2.27. The third-order valence-corrected chi connectivity index (χ3v) is 4.60. The molecule has 1 aliphatic carbocycles. The number of nitrogens with two attached hydrogens (primary N) is 1. The molecule has 1 fully saturated rings. The molecule has 3 nitrogen and oxygen atoms in total. The maximum Gasteiger partial charge on any atom is 0.261 e. The summed E-state index contributed by atoms with van der Waals surface area (Å²) >= 11 is 1.47. The monoisotopic (exact) mass is 252 g/mol. The molecule has 0 radical (unpaired) electrons. The molecule has 1 aromatic heterocycles. The van der Waals surface area contributed by atoms with Gasteiger partial charge < -0.3 is 11.1 Å². The van der Waals surface area contributed by atoms with E-state index in [0.717, 1.165) is 27.9 Å². The smallest absolute Gasteiger partial charge is 0.261 e. The predicted molar refractivity (Wildman–Crippen MR) is 72.3 cm³/mol. The van der Waals surface area contributed by atoms with Crippen LogP contribution < -0.4 is 11.1 Å². The van der Waals surface area contributed by atoms with Crippen molar-refractivity contribution in [3.8, 4) is 0 Å². The number of hydrogen-bond donors (Lipinski definition) is 2. The van der Waals surface area contributed by atoms with E-state index in [-0.39, 0.29) is 5.91 Å². The molecule has 1 saturated carbocycles. The maximum atomic E-state index is 11.9. The van der Waals surface area contributed by atoms with E-state index in [9.17, 15) is 4.79 Å². The Hall–Kier alpha value is -1.03. The summed E-state index contributed by atoms with van der Waals surface area (Å²) in [6.07, 6.45) is 3.78. The van der Waals surface area contributed by atoms with Crippen LogP contribution in [0.5, 0.6) is 0 Å². The van der Waals surface area contributed by atoms with Gasteiger partial charge >= 0.3 is 0 Å². The van der Waals surface area contributed by atoms with Gasteiger partial charge in [0, 0.05) is 17.1 Å². The van der Waals surface area contributed by atoms with E-state index in [1.165, 1.54) is 30.6 Å². The van der Waals surface area contributed by atoms with Crippen LogP contribution in [0, 0.1) is 18.8 Å². The number of nitrogen functional groups attached to an aromatic ring is 1. The Morgan fingerprint density at radius 2 is 2.35 bits per heavy atom. The van der Waals surface area contributed by atoms with E-state index in [4.69, 9.17) is 5.73 Å². The first-order chi connectivity index (χ1) is 8.06. The number of hydrogen-bond acceptors (Lipinski definition) is 3. The van der Waals surface area contributed by atoms with Crippen LogP contribution in [-0.2, 0) is 0 Å². The van der Waals surface area contributed by atoms with Crippen molar-refractivity contribution < 1.29 is 4.79 Å². The molecule has 1 aromatic rings. The van der Waals surface area contributed by atoms with Gasteiger partial charge in [0.2, 0.25) is 0 Å². The number of amides is 1. The highest BCUT2D eigenvalue weighted by atomic mass is 32.1. The SMILES string of the molecule is Cc1sc(C(=O)NCC2CCC(C)C2)cc1N. The molecule has 0 saturated heterocycles. The van der Waals surface area contributed by atoms with Gasteiger partial charge in [-0.3, -0.25) is 4.79 Å². The largest absolute Gasteiger partial charge is 0.398 e. The molecule has 1 heterocycles. The van der Waals surface area contributed by atoms with Crippen molar-refractivity contribution in [3.63, 3.8) is 0 Å². The molecule has 0 aliphatic heterocycles. The number of nitrogens with one attached hydrogen (secondary N) is 1. The summed E-state index contributed by atoms with van der Waals surface area (Å²) in [7, 11) is 0. The quantitative estimate of drug-likeness (QED) is 0.869. The summed E-state index contributed by atoms with van der Waals surface area (Å²) in [5.74, 6) is 1.50. The van der Waals surface area contributed by atoms with Gasteiger partial charge in [0.1, 0.15) is 0 Å². The Kier molecular flexibility index (Phi) is 3.72. The van der Waals surface area contributed by atoms with Gasteiger partial charge in [0.25, 0.3) is 5.91 Å². The molecule has 1 amide bonds. The summed E-state index contributed by atoms with van der Waals surface area (Å²) in [4.78, 5) is 13.6. The normalized spacial score (nSPS) is 23.9. The lowest BCUT2D eigenvalue weighted by Gasteiger charge is -2.10. The van der Waals surface area contributed by atoms with Crippen molar-refractivity contribution in [2.75, 3.05) is 12.3 Å². The first-order valence-electron chi connectivity index (χ1n) is 6.20. The fourth-order valence-corrected chi connectivity index (χ4v) is 3.30. The number of thiophene rings is 1. The number of rotatable bonds is 3. The molecule has 94 valence electrons. The Labute approximate surface area is 106 Å². The zero-order valence-electron chi connectivity index (χ0n) is 10.5. The molecule has 0 aromatic carbocycles. The molecular weight excluding hydrogens is 232 g/mol. The first-order valence-corrected chi connectivity index (χ1v) is 7.02. The second-order valence-corrected chi connectivity index (χ2v) is 6.37. The highest BCUT2D eigenvalue weighted by Crippen LogP contribution is 2.30. The summed E-state index contributed by atoms with van der Waals surface area (Å²) in [6.45, 7) is 5.03. The van der Waals surface area contributed by atoms with Crippen LogP contribution in [-0.4, -0.2) is 12.5 Å². The van der Waals surface area contributed by atoms with Crippen LogP contribution in [0.3, 0.4) is 0 Å². The summed E-state index contributed by atoms with van der Waals surface area (Å²) in [5.41, 5.74) is 6.46. The molecule has 0 bridgehead atoms. The van der Waals surface area contributed by atoms with Gasteiger partial charge in [-0.1, -0.05) is 13.3 Å². The van der Waals surface area contributed by atoms with Gasteiger partial charge in [-0.25, -0.2) is 0 Å². The van der Waals surface area contributed by atoms with Crippen LogP contribution in [0.1, 0.15) is 40.7 Å². The average Bonchev–Trinajstić information content (AvgIpc) is 2.83. The molecule has 2 unspecified atom stereocenters. The number of aryl methyl sites for hydroxylation is 1. The van der Waals surface area contributed by atoms with E-state index < -0.39 is 0 Å². The predicted octanol–water partition coefficient (Wildman–Crippen LogP) is 2.80. The van der Waals surface area contributed by atoms with Gasteiger partial charge in [0.05, 0.1) is 4.88 Å². The van der Waals surface area contributed by atoms with Crippen LogP contribution in [0.4, 0.5) is 5.69 Å². The molecule has 2 atom stereocenters. The Bertz CT molecular complexity index is 394. The third-order valence-electron chi connectivity index (χ3n) is 3.53. The molecule has 1 aliphatic rings. The maximum absolute atomic E-state index is 11.9. The zero-order chi connectivity index (χ0) is 12.4. The number of carbonyl (C=O) groups excluding carboxylic acids is 1. The van der Waals surface area contributed by atoms with E-state index in [2.05, 4.69) is 12.2 Å². The minimum absolute atomic E-state index is 0.0225. The van der Waals surface area contributed by atoms with Crippen LogP contribution in [0.2, 0.25) is 0 Å². The summed E-state index contributed by atoms with van der Waals surface area (Å²) in [6, 6.07) is 1.77. The molecule has 3 N–H and O–H groups in total. The fourth-order valence-electron chi connectivity index (χ4n) is 2.44. The lowest BCUT2D eigenvalue weighted by molar-refractivity contribution is 0.0951. The molecule has 0 spiro atoms. The summed E-state index contributed by atoms with van der Waals surface area (Å²) in [5, 5.41) is 3.02. The van der Waals surface area contributed by atoms with Crippen molar-refractivity contribution >= 4 is 22.9 Å². The van der Waals surface area contributed by atoms with Crippen LogP contribution in [0.25, 0.3) is 0 Å². The van der Waals surface area contributed by atoms with E-state index in [1.807, 2.05) is 6.92 Å². The van der Waals surface area contributed by atoms with Crippen molar-refractivity contribution in [3.05, 3.63) is 15.8 Å². The van der Waals surface area contributed by atoms with Crippen molar-refractivity contribution in [1.29, 1.82) is 0 Å². The van der Waals surface area contributed by atoms with Crippen molar-refractivity contribution in [2.45, 2.75) is 33.1 Å². The Morgan fingerprint density at radius 1 is 1.59 bits per heavy atom. The van der Waals surface area contributed by atoms with E-state index >= 15 is 0 Å². The number of carbonyl (C=O) groups is 1. The molecule has 2 rings (SSSR count). The Balaban J connectivity index is 1.85. The van der Waals surface area contributed by atoms with Crippen LogP contribution in [0.15, 0.2) is 6.07 Å². The third kappa shape index (κ3) is 3.00. The molecular formula is C13H20N2OS. The topological polar surface area (TPSA) is 55.1 Å². The number of anilines is 1. The molecule has 17 heavy (non-hydrogen) atoms. The van der Waals surface area contributed by atoms with Gasteiger partial charge in [-0.15, -0.1) is 11.3 Å². The first kappa shape index (κ1) is 12.4. The van der Waals surface area contributed by atoms with Gasteiger partial charge in [-0.05, 0) is 37.7 Å². The standard InChI is InChI=1S/C13H20N2OS/c1-8-3-4-10(5-8)7-15-13(16)12-6-11(14)9(2)17-12/h6,8,10H,3-5,7,14H2,1-2H3,(H,15,16). The molecule has 4 heteroatoms. The van der Waals surface area contributed by atoms with E-state index in [1.54, 1.807) is 6.07 Å². The second kappa shape index (κ2) is 5.08. The van der Waals surface area contributed by atoms with Crippen LogP contribution >= 0.6 is 11.3 Å². The minimum Gasteiger partial charge on any atom is -0.398 e.